The van der Waals surface area contributed by atoms with Crippen molar-refractivity contribution in [2.24, 2.45) is 5.73 Å². The number of likely N-dealkylation sites (tertiary alicyclic amines) is 1. The maximum atomic E-state index is 13.2. The van der Waals surface area contributed by atoms with Gasteiger partial charge in [-0.1, -0.05) is 0 Å². The van der Waals surface area contributed by atoms with E-state index in [1.807, 2.05) is 0 Å². The molecule has 1 atom stereocenters. The van der Waals surface area contributed by atoms with Gasteiger partial charge in [-0.25, -0.2) is 4.39 Å². The highest BCUT2D eigenvalue weighted by molar-refractivity contribution is 7.10. The lowest BCUT2D eigenvalue weighted by atomic mass is 10.1. The number of carbonyl (C=O) groups excluding carboxylic acids is 3. The molecule has 5 N–H and O–H groups in total. The van der Waals surface area contributed by atoms with Crippen molar-refractivity contribution in [2.75, 3.05) is 26.3 Å². The van der Waals surface area contributed by atoms with Gasteiger partial charge in [0, 0.05) is 27.8 Å². The summed E-state index contributed by atoms with van der Waals surface area (Å²) in [6.45, 7) is 0.576. The van der Waals surface area contributed by atoms with Crippen molar-refractivity contribution >= 4 is 34.9 Å². The number of amides is 3. The number of benzene rings is 1. The number of hydrogen-bond acceptors (Lipinski definition) is 8. The van der Waals surface area contributed by atoms with E-state index in [-0.39, 0.29) is 43.5 Å². The van der Waals surface area contributed by atoms with Crippen LogP contribution in [-0.4, -0.2) is 66.6 Å². The van der Waals surface area contributed by atoms with Crippen LogP contribution in [0.4, 0.5) is 4.39 Å². The van der Waals surface area contributed by atoms with Crippen molar-refractivity contribution in [3.63, 3.8) is 0 Å². The molecule has 13 heteroatoms. The first kappa shape index (κ1) is 26.5. The molecular weight excluding hydrogens is 529 g/mol. The second-order valence-electron chi connectivity index (χ2n) is 9.14. The van der Waals surface area contributed by atoms with Gasteiger partial charge in [0.15, 0.2) is 11.5 Å². The third-order valence-corrected chi connectivity index (χ3v) is 7.43. The standard InChI is InChI=1S/C26H26FN5O6S/c27-17-3-1-15(2-4-17)20-5-6-21(38-20)25(35)31-12-22(33)32-14-26(36-7-8-37-26)10-19(32)24(34)30-11-18-9-16(13-39-18)23(28)29/h1-6,9,13,19H,7-8,10-12,14H2,(H3,28,29)(H,30,34)(H,31,35)/t19-/m0/s1. The van der Waals surface area contributed by atoms with Gasteiger partial charge in [0.05, 0.1) is 32.8 Å². The highest BCUT2D eigenvalue weighted by Gasteiger charge is 2.52. The number of furan rings is 1. The zero-order valence-electron chi connectivity index (χ0n) is 20.7. The van der Waals surface area contributed by atoms with E-state index in [1.54, 1.807) is 17.5 Å². The molecule has 1 aromatic carbocycles. The van der Waals surface area contributed by atoms with Crippen LogP contribution in [-0.2, 0) is 25.6 Å². The second kappa shape index (κ2) is 11.0. The number of halogens is 1. The molecule has 0 aliphatic carbocycles. The summed E-state index contributed by atoms with van der Waals surface area (Å²) in [6, 6.07) is 9.52. The quantitative estimate of drug-likeness (QED) is 0.244. The Kier molecular flexibility index (Phi) is 7.46. The summed E-state index contributed by atoms with van der Waals surface area (Å²) in [4.78, 5) is 41.1. The minimum Gasteiger partial charge on any atom is -0.451 e. The number of carbonyl (C=O) groups is 3. The van der Waals surface area contributed by atoms with Gasteiger partial charge < -0.3 is 35.2 Å². The van der Waals surface area contributed by atoms with Crippen molar-refractivity contribution in [3.05, 3.63) is 69.9 Å². The smallest absolute Gasteiger partial charge is 0.287 e. The van der Waals surface area contributed by atoms with Crippen LogP contribution < -0.4 is 16.4 Å². The van der Waals surface area contributed by atoms with Crippen LogP contribution >= 0.6 is 11.3 Å². The number of nitrogens with one attached hydrogen (secondary N) is 3. The van der Waals surface area contributed by atoms with Gasteiger partial charge in [-0.15, -0.1) is 11.3 Å². The summed E-state index contributed by atoms with van der Waals surface area (Å²) in [5.41, 5.74) is 6.67. The molecule has 4 heterocycles. The molecular formula is C26H26FN5O6S. The van der Waals surface area contributed by atoms with Crippen LogP contribution in [0.1, 0.15) is 27.4 Å². The first-order valence-electron chi connectivity index (χ1n) is 12.1. The number of nitrogen functional groups attached to an aromatic ring is 1. The molecule has 0 unspecified atom stereocenters. The molecule has 1 spiro atoms. The molecule has 3 aromatic rings. The van der Waals surface area contributed by atoms with E-state index in [0.29, 0.717) is 30.1 Å². The Balaban J connectivity index is 1.21. The minimum atomic E-state index is -1.07. The van der Waals surface area contributed by atoms with Crippen LogP contribution in [0.2, 0.25) is 0 Å². The molecule has 39 heavy (non-hydrogen) atoms. The summed E-state index contributed by atoms with van der Waals surface area (Å²) in [6.07, 6.45) is 0.154. The fraction of sp³-hybridized carbons (Fsp3) is 0.308. The van der Waals surface area contributed by atoms with Gasteiger partial charge in [0.2, 0.25) is 11.8 Å². The Morgan fingerprint density at radius 1 is 1.13 bits per heavy atom. The van der Waals surface area contributed by atoms with E-state index in [4.69, 9.17) is 25.0 Å². The highest BCUT2D eigenvalue weighted by atomic mass is 32.1. The lowest BCUT2D eigenvalue weighted by molar-refractivity contribution is -0.152. The van der Waals surface area contributed by atoms with Crippen LogP contribution in [0.25, 0.3) is 11.3 Å². The van der Waals surface area contributed by atoms with Gasteiger partial charge in [-0.2, -0.15) is 0 Å². The molecule has 0 saturated carbocycles. The zero-order valence-corrected chi connectivity index (χ0v) is 21.5. The first-order valence-corrected chi connectivity index (χ1v) is 13.0. The summed E-state index contributed by atoms with van der Waals surface area (Å²) in [5.74, 6) is -2.65. The van der Waals surface area contributed by atoms with Gasteiger partial charge in [0.1, 0.15) is 23.5 Å². The molecule has 2 aromatic heterocycles. The van der Waals surface area contributed by atoms with Gasteiger partial charge >= 0.3 is 0 Å². The zero-order chi connectivity index (χ0) is 27.6. The number of thiophene rings is 1. The number of rotatable bonds is 8. The van der Waals surface area contributed by atoms with Crippen molar-refractivity contribution in [2.45, 2.75) is 24.8 Å². The normalized spacial score (nSPS) is 17.9. The topological polar surface area (TPSA) is 160 Å². The molecule has 2 saturated heterocycles. The van der Waals surface area contributed by atoms with Crippen LogP contribution in [0.3, 0.4) is 0 Å². The van der Waals surface area contributed by atoms with E-state index in [2.05, 4.69) is 10.6 Å². The fourth-order valence-electron chi connectivity index (χ4n) is 4.52. The predicted molar refractivity (Wildman–Crippen MR) is 138 cm³/mol. The van der Waals surface area contributed by atoms with Gasteiger partial charge in [-0.3, -0.25) is 19.8 Å². The van der Waals surface area contributed by atoms with Gasteiger partial charge in [-0.05, 0) is 42.5 Å². The number of amidine groups is 1. The van der Waals surface area contributed by atoms with Crippen LogP contribution in [0.5, 0.6) is 0 Å². The van der Waals surface area contributed by atoms with Crippen LogP contribution in [0.15, 0.2) is 52.3 Å². The monoisotopic (exact) mass is 555 g/mol. The maximum absolute atomic E-state index is 13.2. The lowest BCUT2D eigenvalue weighted by Gasteiger charge is -2.24. The van der Waals surface area contributed by atoms with E-state index in [0.717, 1.165) is 4.88 Å². The van der Waals surface area contributed by atoms with Crippen molar-refractivity contribution < 1.29 is 32.7 Å². The summed E-state index contributed by atoms with van der Waals surface area (Å²) < 4.78 is 30.2. The molecule has 2 aliphatic heterocycles. The Morgan fingerprint density at radius 3 is 2.56 bits per heavy atom. The van der Waals surface area contributed by atoms with E-state index < -0.39 is 29.6 Å². The molecule has 0 radical (unpaired) electrons. The largest absolute Gasteiger partial charge is 0.451 e. The Bertz CT molecular complexity index is 1400. The highest BCUT2D eigenvalue weighted by Crippen LogP contribution is 2.35. The molecule has 11 nitrogen and oxygen atoms in total. The van der Waals surface area contributed by atoms with E-state index in [1.165, 1.54) is 46.6 Å². The van der Waals surface area contributed by atoms with E-state index >= 15 is 0 Å². The van der Waals surface area contributed by atoms with Crippen molar-refractivity contribution in [1.82, 2.24) is 15.5 Å². The minimum absolute atomic E-state index is 0.0161. The number of nitrogens with zero attached hydrogens (tertiary/aromatic N) is 1. The molecule has 3 amide bonds. The Morgan fingerprint density at radius 2 is 1.87 bits per heavy atom. The average Bonchev–Trinajstić information content (AvgIpc) is 3.74. The molecule has 2 fully saturated rings. The second-order valence-corrected chi connectivity index (χ2v) is 10.1. The number of ether oxygens (including phenoxy) is 2. The Labute approximate surface area is 226 Å². The fourth-order valence-corrected chi connectivity index (χ4v) is 5.35. The maximum Gasteiger partial charge on any atom is 0.287 e. The Hall–Kier alpha value is -4.07. The molecule has 2 aliphatic rings. The summed E-state index contributed by atoms with van der Waals surface area (Å²) in [5, 5.41) is 14.6. The van der Waals surface area contributed by atoms with Crippen LogP contribution in [0, 0.1) is 11.2 Å². The number of hydrogen-bond donors (Lipinski definition) is 4. The SMILES string of the molecule is N=C(N)c1csc(CNC(=O)[C@@H]2CC3(CN2C(=O)CNC(=O)c2ccc(-c4ccc(F)cc4)o2)OCCO3)c1. The summed E-state index contributed by atoms with van der Waals surface area (Å²) >= 11 is 1.36. The third-order valence-electron chi connectivity index (χ3n) is 6.49. The van der Waals surface area contributed by atoms with Crippen molar-refractivity contribution in [1.29, 1.82) is 5.41 Å². The number of nitrogens with two attached hydrogens (primary N) is 1. The first-order chi connectivity index (χ1) is 18.7. The molecule has 0 bridgehead atoms. The molecule has 204 valence electrons. The molecule has 5 rings (SSSR count). The average molecular weight is 556 g/mol. The lowest BCUT2D eigenvalue weighted by Crippen LogP contribution is -2.49. The van der Waals surface area contributed by atoms with Crippen molar-refractivity contribution in [3.8, 4) is 11.3 Å². The van der Waals surface area contributed by atoms with Gasteiger partial charge in [0.25, 0.3) is 5.91 Å². The van der Waals surface area contributed by atoms with E-state index in [9.17, 15) is 18.8 Å². The summed E-state index contributed by atoms with van der Waals surface area (Å²) in [7, 11) is 0. The predicted octanol–water partition coefficient (Wildman–Crippen LogP) is 1.82. The third kappa shape index (κ3) is 5.85.